The molecule has 104 valence electrons. The van der Waals surface area contributed by atoms with Crippen LogP contribution in [0.2, 0.25) is 0 Å². The third kappa shape index (κ3) is 3.35. The molecular weight excluding hydrogens is 310 g/mol. The molecule has 19 heavy (non-hydrogen) atoms. The van der Waals surface area contributed by atoms with Gasteiger partial charge in [-0.2, -0.15) is 0 Å². The summed E-state index contributed by atoms with van der Waals surface area (Å²) in [6.07, 6.45) is 1.96. The summed E-state index contributed by atoms with van der Waals surface area (Å²) < 4.78 is 6.20. The van der Waals surface area contributed by atoms with Gasteiger partial charge in [0.15, 0.2) is 0 Å². The topological polar surface area (TPSA) is 49.8 Å². The van der Waals surface area contributed by atoms with E-state index >= 15 is 0 Å². The van der Waals surface area contributed by atoms with Crippen molar-refractivity contribution in [3.05, 3.63) is 33.8 Å². The first-order valence-electron chi connectivity index (χ1n) is 6.35. The number of methoxy groups -OCH3 is 1. The lowest BCUT2D eigenvalue weighted by Gasteiger charge is -2.27. The minimum Gasteiger partial charge on any atom is -0.480 e. The summed E-state index contributed by atoms with van der Waals surface area (Å²) in [5.41, 5.74) is 2.55. The van der Waals surface area contributed by atoms with Gasteiger partial charge in [-0.1, -0.05) is 28.1 Å². The summed E-state index contributed by atoms with van der Waals surface area (Å²) in [5, 5.41) is 9.05. The Labute approximate surface area is 121 Å². The molecular formula is C14H18BrNO3. The summed E-state index contributed by atoms with van der Waals surface area (Å²) in [6.45, 7) is 1.24. The Morgan fingerprint density at radius 2 is 2.37 bits per heavy atom. The molecule has 1 N–H and O–H groups in total. The van der Waals surface area contributed by atoms with Crippen LogP contribution in [0.5, 0.6) is 0 Å². The molecule has 1 aliphatic carbocycles. The quantitative estimate of drug-likeness (QED) is 0.872. The van der Waals surface area contributed by atoms with E-state index in [0.717, 1.165) is 17.3 Å². The fourth-order valence-corrected chi connectivity index (χ4v) is 3.27. The molecule has 0 fully saturated rings. The number of carboxylic acid groups (broad SMARTS) is 1. The van der Waals surface area contributed by atoms with E-state index in [1.165, 1.54) is 11.1 Å². The van der Waals surface area contributed by atoms with Gasteiger partial charge in [0.05, 0.1) is 13.2 Å². The van der Waals surface area contributed by atoms with Crippen molar-refractivity contribution in [1.29, 1.82) is 0 Å². The van der Waals surface area contributed by atoms with Gasteiger partial charge in [0.1, 0.15) is 0 Å². The van der Waals surface area contributed by atoms with Gasteiger partial charge >= 0.3 is 5.97 Å². The second-order valence-electron chi connectivity index (χ2n) is 4.72. The molecule has 0 radical (unpaired) electrons. The van der Waals surface area contributed by atoms with Crippen LogP contribution in [0.25, 0.3) is 0 Å². The maximum Gasteiger partial charge on any atom is 0.317 e. The predicted molar refractivity (Wildman–Crippen MR) is 76.3 cm³/mol. The van der Waals surface area contributed by atoms with Gasteiger partial charge in [-0.15, -0.1) is 0 Å². The monoisotopic (exact) mass is 327 g/mol. The highest BCUT2D eigenvalue weighted by Crippen LogP contribution is 2.38. The highest BCUT2D eigenvalue weighted by Gasteiger charge is 2.29. The molecule has 0 amide bonds. The van der Waals surface area contributed by atoms with E-state index in [-0.39, 0.29) is 12.6 Å². The molecule has 1 aromatic rings. The normalized spacial score (nSPS) is 17.7. The number of carbonyl (C=O) groups is 1. The number of benzene rings is 1. The molecule has 0 heterocycles. The van der Waals surface area contributed by atoms with Gasteiger partial charge in [0.25, 0.3) is 0 Å². The van der Waals surface area contributed by atoms with Crippen LogP contribution in [0.1, 0.15) is 23.6 Å². The first-order valence-corrected chi connectivity index (χ1v) is 7.15. The van der Waals surface area contributed by atoms with Crippen LogP contribution < -0.4 is 0 Å². The Kier molecular flexibility index (Phi) is 4.96. The molecule has 0 aromatic heterocycles. The van der Waals surface area contributed by atoms with Crippen molar-refractivity contribution in [3.63, 3.8) is 0 Å². The average Bonchev–Trinajstić information content (AvgIpc) is 2.79. The number of carboxylic acids is 1. The maximum atomic E-state index is 11.0. The number of fused-ring (bicyclic) bond motifs is 1. The number of ether oxygens (including phenoxy) is 1. The van der Waals surface area contributed by atoms with Crippen LogP contribution in [-0.4, -0.2) is 42.8 Å². The first-order chi connectivity index (χ1) is 9.13. The molecule has 0 saturated carbocycles. The molecule has 0 aliphatic heterocycles. The molecule has 1 aliphatic rings. The van der Waals surface area contributed by atoms with Crippen molar-refractivity contribution in [2.45, 2.75) is 18.9 Å². The molecule has 0 spiro atoms. The highest BCUT2D eigenvalue weighted by molar-refractivity contribution is 9.10. The number of aliphatic carboxylic acids is 1. The van der Waals surface area contributed by atoms with E-state index in [1.54, 1.807) is 7.11 Å². The van der Waals surface area contributed by atoms with Crippen molar-refractivity contribution >= 4 is 21.9 Å². The predicted octanol–water partition coefficient (Wildman–Crippen LogP) is 2.47. The van der Waals surface area contributed by atoms with E-state index in [4.69, 9.17) is 9.84 Å². The van der Waals surface area contributed by atoms with Crippen LogP contribution in [0, 0.1) is 0 Å². The van der Waals surface area contributed by atoms with E-state index in [9.17, 15) is 4.79 Å². The summed E-state index contributed by atoms with van der Waals surface area (Å²) in [5.74, 6) is -0.792. The Balaban J connectivity index is 2.20. The standard InChI is InChI=1S/C14H18BrNO3/c1-19-8-7-16(9-14(17)18)13-6-5-10-11(13)3-2-4-12(10)15/h2-4,13H,5-9H2,1H3,(H,17,18). The van der Waals surface area contributed by atoms with Gasteiger partial charge in [-0.3, -0.25) is 9.69 Å². The summed E-state index contributed by atoms with van der Waals surface area (Å²) in [7, 11) is 1.64. The minimum absolute atomic E-state index is 0.0555. The number of halogens is 1. The third-order valence-corrected chi connectivity index (χ3v) is 4.29. The fourth-order valence-electron chi connectivity index (χ4n) is 2.69. The van der Waals surface area contributed by atoms with Crippen LogP contribution in [0.15, 0.2) is 22.7 Å². The van der Waals surface area contributed by atoms with Crippen LogP contribution in [0.4, 0.5) is 0 Å². The largest absolute Gasteiger partial charge is 0.480 e. The molecule has 0 bridgehead atoms. The smallest absolute Gasteiger partial charge is 0.317 e. The van der Waals surface area contributed by atoms with Gasteiger partial charge < -0.3 is 9.84 Å². The average molecular weight is 328 g/mol. The van der Waals surface area contributed by atoms with Crippen molar-refractivity contribution < 1.29 is 14.6 Å². The SMILES string of the molecule is COCCN(CC(=O)O)C1CCc2c(Br)cccc21. The zero-order chi connectivity index (χ0) is 13.8. The molecule has 1 atom stereocenters. The zero-order valence-corrected chi connectivity index (χ0v) is 12.5. The van der Waals surface area contributed by atoms with Gasteiger partial charge in [0.2, 0.25) is 0 Å². The fraction of sp³-hybridized carbons (Fsp3) is 0.500. The minimum atomic E-state index is -0.792. The lowest BCUT2D eigenvalue weighted by molar-refractivity contribution is -0.139. The Morgan fingerprint density at radius 1 is 1.58 bits per heavy atom. The Morgan fingerprint density at radius 3 is 3.05 bits per heavy atom. The second-order valence-corrected chi connectivity index (χ2v) is 5.57. The van der Waals surface area contributed by atoms with Crippen LogP contribution >= 0.6 is 15.9 Å². The van der Waals surface area contributed by atoms with Crippen molar-refractivity contribution in [2.24, 2.45) is 0 Å². The van der Waals surface area contributed by atoms with Gasteiger partial charge in [-0.05, 0) is 30.0 Å². The van der Waals surface area contributed by atoms with E-state index in [0.29, 0.717) is 13.2 Å². The summed E-state index contributed by atoms with van der Waals surface area (Å²) >= 11 is 3.57. The first kappa shape index (κ1) is 14.5. The molecule has 4 nitrogen and oxygen atoms in total. The number of hydrogen-bond donors (Lipinski definition) is 1. The summed E-state index contributed by atoms with van der Waals surface area (Å²) in [6, 6.07) is 6.33. The molecule has 1 unspecified atom stereocenters. The van der Waals surface area contributed by atoms with Crippen LogP contribution in [-0.2, 0) is 16.0 Å². The Hall–Kier alpha value is -0.910. The maximum absolute atomic E-state index is 11.0. The van der Waals surface area contributed by atoms with Gasteiger partial charge in [0, 0.05) is 24.2 Å². The lowest BCUT2D eigenvalue weighted by Crippen LogP contribution is -2.35. The molecule has 2 rings (SSSR count). The van der Waals surface area contributed by atoms with Crippen LogP contribution in [0.3, 0.4) is 0 Å². The zero-order valence-electron chi connectivity index (χ0n) is 10.9. The van der Waals surface area contributed by atoms with E-state index in [2.05, 4.69) is 22.0 Å². The molecule has 0 saturated heterocycles. The van der Waals surface area contributed by atoms with Gasteiger partial charge in [-0.25, -0.2) is 0 Å². The van der Waals surface area contributed by atoms with Crippen molar-refractivity contribution in [3.8, 4) is 0 Å². The lowest BCUT2D eigenvalue weighted by atomic mass is 10.1. The molecule has 5 heteroatoms. The second kappa shape index (κ2) is 6.50. The molecule has 1 aromatic carbocycles. The van der Waals surface area contributed by atoms with Crippen molar-refractivity contribution in [1.82, 2.24) is 4.90 Å². The van der Waals surface area contributed by atoms with E-state index < -0.39 is 5.97 Å². The Bertz CT molecular complexity index is 464. The number of hydrogen-bond acceptors (Lipinski definition) is 3. The number of nitrogens with zero attached hydrogens (tertiary/aromatic N) is 1. The van der Waals surface area contributed by atoms with Crippen molar-refractivity contribution in [2.75, 3.05) is 26.8 Å². The van der Waals surface area contributed by atoms with E-state index in [1.807, 2.05) is 17.0 Å². The highest BCUT2D eigenvalue weighted by atomic mass is 79.9. The summed E-state index contributed by atoms with van der Waals surface area (Å²) in [4.78, 5) is 13.0. The number of rotatable bonds is 6. The third-order valence-electron chi connectivity index (χ3n) is 3.54.